The van der Waals surface area contributed by atoms with Crippen LogP contribution in [0.3, 0.4) is 0 Å². The molecule has 0 unspecified atom stereocenters. The number of nitrogens with one attached hydrogen (secondary N) is 1. The lowest BCUT2D eigenvalue weighted by atomic mass is 10.2. The van der Waals surface area contributed by atoms with Crippen LogP contribution in [0.1, 0.15) is 21.7 Å². The first-order chi connectivity index (χ1) is 11.7. The molecule has 1 aromatic carbocycles. The third-order valence-electron chi connectivity index (χ3n) is 3.62. The van der Waals surface area contributed by atoms with Crippen molar-refractivity contribution in [1.29, 1.82) is 0 Å². The summed E-state index contributed by atoms with van der Waals surface area (Å²) in [6, 6.07) is 13.0. The molecule has 0 spiro atoms. The summed E-state index contributed by atoms with van der Waals surface area (Å²) in [6.07, 6.45) is 3.40. The van der Waals surface area contributed by atoms with Gasteiger partial charge < -0.3 is 10.1 Å². The second-order valence-electron chi connectivity index (χ2n) is 5.32. The first-order valence-corrected chi connectivity index (χ1v) is 7.55. The fourth-order valence-corrected chi connectivity index (χ4v) is 2.36. The van der Waals surface area contributed by atoms with E-state index in [4.69, 9.17) is 4.74 Å². The molecule has 122 valence electrons. The molecule has 2 heterocycles. The molecule has 3 aromatic rings. The summed E-state index contributed by atoms with van der Waals surface area (Å²) in [4.78, 5) is 16.3. The zero-order chi connectivity index (χ0) is 16.9. The molecule has 0 saturated heterocycles. The van der Waals surface area contributed by atoms with Crippen LogP contribution < -0.4 is 10.1 Å². The van der Waals surface area contributed by atoms with Gasteiger partial charge >= 0.3 is 0 Å². The minimum atomic E-state index is -0.212. The zero-order valence-electron chi connectivity index (χ0n) is 13.6. The minimum Gasteiger partial charge on any atom is -0.497 e. The number of carbonyl (C=O) groups excluding carboxylic acids is 1. The Kier molecular flexibility index (Phi) is 4.56. The van der Waals surface area contributed by atoms with Crippen molar-refractivity contribution in [2.45, 2.75) is 13.5 Å². The van der Waals surface area contributed by atoms with Crippen molar-refractivity contribution in [3.8, 4) is 11.4 Å². The molecule has 24 heavy (non-hydrogen) atoms. The molecule has 0 aliphatic carbocycles. The van der Waals surface area contributed by atoms with Crippen LogP contribution in [-0.2, 0) is 6.54 Å². The fourth-order valence-electron chi connectivity index (χ4n) is 2.36. The normalized spacial score (nSPS) is 10.4. The number of methoxy groups -OCH3 is 1. The van der Waals surface area contributed by atoms with Gasteiger partial charge in [0.05, 0.1) is 12.8 Å². The van der Waals surface area contributed by atoms with Crippen molar-refractivity contribution in [2.75, 3.05) is 7.11 Å². The van der Waals surface area contributed by atoms with Gasteiger partial charge in [-0.15, -0.1) is 0 Å². The predicted octanol–water partition coefficient (Wildman–Crippen LogP) is 2.51. The zero-order valence-corrected chi connectivity index (χ0v) is 13.6. The third kappa shape index (κ3) is 3.43. The van der Waals surface area contributed by atoms with Gasteiger partial charge in [-0.1, -0.05) is 6.07 Å². The van der Waals surface area contributed by atoms with Crippen molar-refractivity contribution in [1.82, 2.24) is 20.1 Å². The van der Waals surface area contributed by atoms with Crippen LogP contribution in [0.25, 0.3) is 5.69 Å². The van der Waals surface area contributed by atoms with Gasteiger partial charge in [-0.05, 0) is 42.8 Å². The number of rotatable bonds is 5. The Balaban J connectivity index is 1.76. The van der Waals surface area contributed by atoms with Crippen molar-refractivity contribution in [2.24, 2.45) is 0 Å². The maximum atomic E-state index is 12.3. The molecule has 0 bridgehead atoms. The number of amides is 1. The quantitative estimate of drug-likeness (QED) is 0.783. The van der Waals surface area contributed by atoms with Crippen LogP contribution >= 0.6 is 0 Å². The second-order valence-corrected chi connectivity index (χ2v) is 5.32. The number of aromatic nitrogens is 3. The molecule has 1 amide bonds. The number of carbonyl (C=O) groups is 1. The predicted molar refractivity (Wildman–Crippen MR) is 90.3 cm³/mol. The number of pyridine rings is 1. The number of aryl methyl sites for hydroxylation is 1. The van der Waals surface area contributed by atoms with Gasteiger partial charge in [0, 0.05) is 30.7 Å². The first kappa shape index (κ1) is 15.7. The van der Waals surface area contributed by atoms with Crippen LogP contribution in [0, 0.1) is 6.92 Å². The molecular formula is C18H18N4O2. The maximum Gasteiger partial charge on any atom is 0.272 e. The monoisotopic (exact) mass is 322 g/mol. The fraction of sp³-hybridized carbons (Fsp3) is 0.167. The summed E-state index contributed by atoms with van der Waals surface area (Å²) >= 11 is 0. The Morgan fingerprint density at radius 2 is 2.00 bits per heavy atom. The molecule has 0 fully saturated rings. The van der Waals surface area contributed by atoms with E-state index in [0.717, 1.165) is 22.7 Å². The van der Waals surface area contributed by atoms with E-state index in [1.165, 1.54) is 0 Å². The van der Waals surface area contributed by atoms with Gasteiger partial charge in [0.2, 0.25) is 0 Å². The van der Waals surface area contributed by atoms with E-state index >= 15 is 0 Å². The molecule has 2 aromatic heterocycles. The highest BCUT2D eigenvalue weighted by molar-refractivity contribution is 5.92. The van der Waals surface area contributed by atoms with Crippen molar-refractivity contribution in [3.05, 3.63) is 71.8 Å². The average Bonchev–Trinajstić information content (AvgIpc) is 3.02. The summed E-state index contributed by atoms with van der Waals surface area (Å²) in [7, 11) is 1.62. The van der Waals surface area contributed by atoms with E-state index in [-0.39, 0.29) is 5.91 Å². The molecule has 6 heteroatoms. The van der Waals surface area contributed by atoms with Crippen LogP contribution in [-0.4, -0.2) is 27.8 Å². The van der Waals surface area contributed by atoms with Crippen LogP contribution in [0.2, 0.25) is 0 Å². The summed E-state index contributed by atoms with van der Waals surface area (Å²) < 4.78 is 6.96. The Labute approximate surface area is 140 Å². The Morgan fingerprint density at radius 1 is 1.21 bits per heavy atom. The summed E-state index contributed by atoms with van der Waals surface area (Å²) in [5.74, 6) is 0.530. The molecule has 1 N–H and O–H groups in total. The lowest BCUT2D eigenvalue weighted by Gasteiger charge is -2.06. The maximum absolute atomic E-state index is 12.3. The summed E-state index contributed by atoms with van der Waals surface area (Å²) in [5, 5.41) is 7.27. The highest BCUT2D eigenvalue weighted by atomic mass is 16.5. The highest BCUT2D eigenvalue weighted by Crippen LogP contribution is 2.18. The molecule has 0 aliphatic heterocycles. The van der Waals surface area contributed by atoms with E-state index < -0.39 is 0 Å². The minimum absolute atomic E-state index is 0.212. The van der Waals surface area contributed by atoms with E-state index in [1.54, 1.807) is 30.3 Å². The van der Waals surface area contributed by atoms with E-state index in [9.17, 15) is 4.79 Å². The molecule has 3 rings (SSSR count). The molecular weight excluding hydrogens is 304 g/mol. The van der Waals surface area contributed by atoms with Gasteiger partial charge in [0.1, 0.15) is 5.75 Å². The number of hydrogen-bond acceptors (Lipinski definition) is 4. The Bertz CT molecular complexity index is 843. The van der Waals surface area contributed by atoms with Crippen molar-refractivity contribution < 1.29 is 9.53 Å². The van der Waals surface area contributed by atoms with Gasteiger partial charge in [-0.2, -0.15) is 5.10 Å². The van der Waals surface area contributed by atoms with E-state index in [1.807, 2.05) is 43.3 Å². The van der Waals surface area contributed by atoms with Crippen LogP contribution in [0.4, 0.5) is 0 Å². The van der Waals surface area contributed by atoms with Crippen LogP contribution in [0.5, 0.6) is 5.75 Å². The average molecular weight is 322 g/mol. The summed E-state index contributed by atoms with van der Waals surface area (Å²) in [6.45, 7) is 2.35. The standard InChI is InChI=1S/C18H18N4O2/c1-13-10-17(18(23)20-12-14-6-8-19-9-7-14)21-22(13)15-4-3-5-16(11-15)24-2/h3-11H,12H2,1-2H3,(H,20,23). The van der Waals surface area contributed by atoms with Gasteiger partial charge in [0.15, 0.2) is 5.69 Å². The van der Waals surface area contributed by atoms with Crippen molar-refractivity contribution >= 4 is 5.91 Å². The van der Waals surface area contributed by atoms with Crippen LogP contribution in [0.15, 0.2) is 54.9 Å². The number of ether oxygens (including phenoxy) is 1. The van der Waals surface area contributed by atoms with Gasteiger partial charge in [-0.25, -0.2) is 4.68 Å². The lowest BCUT2D eigenvalue weighted by Crippen LogP contribution is -2.23. The smallest absolute Gasteiger partial charge is 0.272 e. The Hall–Kier alpha value is -3.15. The van der Waals surface area contributed by atoms with Gasteiger partial charge in [-0.3, -0.25) is 9.78 Å². The van der Waals surface area contributed by atoms with E-state index in [2.05, 4.69) is 15.4 Å². The molecule has 6 nitrogen and oxygen atoms in total. The Morgan fingerprint density at radius 3 is 2.75 bits per heavy atom. The lowest BCUT2D eigenvalue weighted by molar-refractivity contribution is 0.0945. The van der Waals surface area contributed by atoms with Crippen molar-refractivity contribution in [3.63, 3.8) is 0 Å². The SMILES string of the molecule is COc1cccc(-n2nc(C(=O)NCc3ccncc3)cc2C)c1. The molecule has 0 saturated carbocycles. The summed E-state index contributed by atoms with van der Waals surface area (Å²) in [5.41, 5.74) is 3.09. The molecule has 0 aliphatic rings. The van der Waals surface area contributed by atoms with E-state index in [0.29, 0.717) is 12.2 Å². The number of nitrogens with zero attached hydrogens (tertiary/aromatic N) is 3. The largest absolute Gasteiger partial charge is 0.497 e. The number of benzene rings is 1. The topological polar surface area (TPSA) is 69.0 Å². The first-order valence-electron chi connectivity index (χ1n) is 7.55. The second kappa shape index (κ2) is 6.95. The highest BCUT2D eigenvalue weighted by Gasteiger charge is 2.13. The molecule has 0 radical (unpaired) electrons. The number of hydrogen-bond donors (Lipinski definition) is 1. The van der Waals surface area contributed by atoms with Gasteiger partial charge in [0.25, 0.3) is 5.91 Å². The molecule has 0 atom stereocenters. The third-order valence-corrected chi connectivity index (χ3v) is 3.62.